The van der Waals surface area contributed by atoms with E-state index < -0.39 is 23.3 Å². The van der Waals surface area contributed by atoms with Gasteiger partial charge in [-0.1, -0.05) is 6.92 Å². The van der Waals surface area contributed by atoms with Crippen LogP contribution in [0, 0.1) is 11.3 Å². The summed E-state index contributed by atoms with van der Waals surface area (Å²) < 4.78 is 7.20. The zero-order valence-corrected chi connectivity index (χ0v) is 13.3. The number of ether oxygens (including phenoxy) is 1. The Kier molecular flexibility index (Phi) is 4.31. The molecule has 1 unspecified atom stereocenters. The highest BCUT2D eigenvalue weighted by Gasteiger charge is 2.21. The van der Waals surface area contributed by atoms with Crippen molar-refractivity contribution in [2.75, 3.05) is 0 Å². The fourth-order valence-electron chi connectivity index (χ4n) is 2.38. The number of rotatable bonds is 3. The van der Waals surface area contributed by atoms with E-state index in [9.17, 15) is 14.4 Å². The van der Waals surface area contributed by atoms with E-state index in [-0.39, 0.29) is 16.6 Å². The number of carbonyl (C=O) groups is 1. The SMILES string of the molecule is CCc1c(C(=O)OC(C)C#N)cnc2c1c(=O)n(C)c(=O)n2C. The van der Waals surface area contributed by atoms with Crippen molar-refractivity contribution in [1.82, 2.24) is 14.1 Å². The summed E-state index contributed by atoms with van der Waals surface area (Å²) in [4.78, 5) is 40.7. The second-order valence-corrected chi connectivity index (χ2v) is 5.08. The van der Waals surface area contributed by atoms with Gasteiger partial charge in [0.15, 0.2) is 6.10 Å². The monoisotopic (exact) mass is 316 g/mol. The van der Waals surface area contributed by atoms with Crippen molar-refractivity contribution in [3.63, 3.8) is 0 Å². The van der Waals surface area contributed by atoms with Crippen LogP contribution in [0.5, 0.6) is 0 Å². The summed E-state index contributed by atoms with van der Waals surface area (Å²) in [6.07, 6.45) is 0.732. The van der Waals surface area contributed by atoms with Gasteiger partial charge in [0.25, 0.3) is 5.56 Å². The van der Waals surface area contributed by atoms with Crippen molar-refractivity contribution in [3.05, 3.63) is 38.2 Å². The molecule has 2 rings (SSSR count). The quantitative estimate of drug-likeness (QED) is 0.752. The Morgan fingerprint density at radius 2 is 2.04 bits per heavy atom. The molecule has 0 radical (unpaired) electrons. The number of esters is 1. The summed E-state index contributed by atoms with van der Waals surface area (Å²) in [6.45, 7) is 3.23. The number of fused-ring (bicyclic) bond motifs is 1. The van der Waals surface area contributed by atoms with Gasteiger partial charge in [-0.2, -0.15) is 5.26 Å². The maximum atomic E-state index is 12.4. The first-order valence-electron chi connectivity index (χ1n) is 7.01. The Hall–Kier alpha value is -2.95. The van der Waals surface area contributed by atoms with Crippen molar-refractivity contribution >= 4 is 17.0 Å². The fraction of sp³-hybridized carbons (Fsp3) is 0.400. The Morgan fingerprint density at radius 3 is 2.61 bits per heavy atom. The predicted molar refractivity (Wildman–Crippen MR) is 82.1 cm³/mol. The molecule has 8 heteroatoms. The van der Waals surface area contributed by atoms with E-state index >= 15 is 0 Å². The molecule has 0 amide bonds. The van der Waals surface area contributed by atoms with Gasteiger partial charge in [0.05, 0.1) is 10.9 Å². The van der Waals surface area contributed by atoms with Gasteiger partial charge >= 0.3 is 11.7 Å². The summed E-state index contributed by atoms with van der Waals surface area (Å²) >= 11 is 0. The molecule has 0 saturated carbocycles. The zero-order valence-electron chi connectivity index (χ0n) is 13.3. The van der Waals surface area contributed by atoms with E-state index in [1.807, 2.05) is 0 Å². The summed E-state index contributed by atoms with van der Waals surface area (Å²) in [6, 6.07) is 1.80. The predicted octanol–water partition coefficient (Wildman–Crippen LogP) is 0.263. The highest BCUT2D eigenvalue weighted by atomic mass is 16.5. The average Bonchev–Trinajstić information content (AvgIpc) is 2.56. The van der Waals surface area contributed by atoms with Crippen LogP contribution in [-0.2, 0) is 25.3 Å². The number of hydrogen-bond donors (Lipinski definition) is 0. The molecule has 0 aromatic carbocycles. The van der Waals surface area contributed by atoms with Crippen LogP contribution < -0.4 is 11.2 Å². The fourth-order valence-corrected chi connectivity index (χ4v) is 2.38. The average molecular weight is 316 g/mol. The molecule has 0 aliphatic heterocycles. The van der Waals surface area contributed by atoms with Crippen LogP contribution in [0.2, 0.25) is 0 Å². The van der Waals surface area contributed by atoms with Gasteiger partial charge in [0, 0.05) is 20.3 Å². The molecule has 8 nitrogen and oxygen atoms in total. The topological polar surface area (TPSA) is 107 Å². The minimum absolute atomic E-state index is 0.123. The Labute approximate surface area is 131 Å². The highest BCUT2D eigenvalue weighted by Crippen LogP contribution is 2.18. The molecule has 120 valence electrons. The van der Waals surface area contributed by atoms with E-state index in [0.717, 1.165) is 4.57 Å². The number of nitriles is 1. The first-order valence-corrected chi connectivity index (χ1v) is 7.01. The lowest BCUT2D eigenvalue weighted by molar-refractivity contribution is 0.0434. The van der Waals surface area contributed by atoms with Crippen LogP contribution in [0.25, 0.3) is 11.0 Å². The van der Waals surface area contributed by atoms with Gasteiger partial charge in [-0.25, -0.2) is 14.6 Å². The number of nitrogens with zero attached hydrogens (tertiary/aromatic N) is 4. The summed E-state index contributed by atoms with van der Waals surface area (Å²) in [7, 11) is 2.87. The van der Waals surface area contributed by atoms with Gasteiger partial charge in [0.1, 0.15) is 11.7 Å². The Morgan fingerprint density at radius 1 is 1.39 bits per heavy atom. The molecule has 2 heterocycles. The van der Waals surface area contributed by atoms with E-state index in [0.29, 0.717) is 12.0 Å². The summed E-state index contributed by atoms with van der Waals surface area (Å²) in [5, 5.41) is 8.95. The molecule has 0 saturated heterocycles. The summed E-state index contributed by atoms with van der Waals surface area (Å²) in [5.41, 5.74) is -0.236. The van der Waals surface area contributed by atoms with E-state index in [2.05, 4.69) is 4.98 Å². The Bertz CT molecular complexity index is 949. The van der Waals surface area contributed by atoms with Gasteiger partial charge in [-0.3, -0.25) is 13.9 Å². The number of hydrogen-bond acceptors (Lipinski definition) is 6. The summed E-state index contributed by atoms with van der Waals surface area (Å²) in [5.74, 6) is -0.721. The smallest absolute Gasteiger partial charge is 0.341 e. The molecule has 2 aromatic heterocycles. The van der Waals surface area contributed by atoms with Gasteiger partial charge in [-0.05, 0) is 18.9 Å². The van der Waals surface area contributed by atoms with Crippen molar-refractivity contribution in [3.8, 4) is 6.07 Å². The van der Waals surface area contributed by atoms with Gasteiger partial charge < -0.3 is 4.74 Å². The van der Waals surface area contributed by atoms with Gasteiger partial charge in [0.2, 0.25) is 0 Å². The molecule has 1 atom stereocenters. The third kappa shape index (κ3) is 2.61. The standard InChI is InChI=1S/C15H16N4O4/c1-5-9-10(14(21)23-8(2)6-16)7-17-12-11(9)13(20)19(4)15(22)18(12)3/h7-8H,5H2,1-4H3. The lowest BCUT2D eigenvalue weighted by Gasteiger charge is -2.13. The zero-order chi connectivity index (χ0) is 17.3. The normalized spacial score (nSPS) is 12.0. The molecular weight excluding hydrogens is 300 g/mol. The van der Waals surface area contributed by atoms with Crippen LogP contribution in [0.1, 0.15) is 29.8 Å². The molecule has 0 aliphatic rings. The highest BCUT2D eigenvalue weighted by molar-refractivity contribution is 5.96. The lowest BCUT2D eigenvalue weighted by Crippen LogP contribution is -2.38. The van der Waals surface area contributed by atoms with Crippen LogP contribution >= 0.6 is 0 Å². The van der Waals surface area contributed by atoms with E-state index in [1.54, 1.807) is 13.0 Å². The van der Waals surface area contributed by atoms with Crippen molar-refractivity contribution in [2.45, 2.75) is 26.4 Å². The van der Waals surface area contributed by atoms with Crippen LogP contribution in [0.4, 0.5) is 0 Å². The first kappa shape index (κ1) is 16.4. The molecule has 0 fully saturated rings. The molecule has 23 heavy (non-hydrogen) atoms. The third-order valence-corrected chi connectivity index (χ3v) is 3.62. The maximum absolute atomic E-state index is 12.4. The first-order chi connectivity index (χ1) is 10.8. The van der Waals surface area contributed by atoms with Gasteiger partial charge in [-0.15, -0.1) is 0 Å². The second kappa shape index (κ2) is 6.04. The molecule has 0 spiro atoms. The Balaban J connectivity index is 2.82. The molecule has 2 aromatic rings. The lowest BCUT2D eigenvalue weighted by atomic mass is 10.0. The van der Waals surface area contributed by atoms with E-state index in [4.69, 9.17) is 10.00 Å². The van der Waals surface area contributed by atoms with Crippen LogP contribution in [-0.4, -0.2) is 26.2 Å². The largest absolute Gasteiger partial charge is 0.444 e. The second-order valence-electron chi connectivity index (χ2n) is 5.08. The minimum Gasteiger partial charge on any atom is -0.444 e. The molecule has 0 bridgehead atoms. The number of aromatic nitrogens is 3. The van der Waals surface area contributed by atoms with Crippen LogP contribution in [0.15, 0.2) is 15.8 Å². The minimum atomic E-state index is -0.911. The van der Waals surface area contributed by atoms with Crippen molar-refractivity contribution < 1.29 is 9.53 Å². The number of carbonyl (C=O) groups excluding carboxylic acids is 1. The number of pyridine rings is 1. The third-order valence-electron chi connectivity index (χ3n) is 3.62. The maximum Gasteiger partial charge on any atom is 0.341 e. The van der Waals surface area contributed by atoms with Crippen molar-refractivity contribution in [2.24, 2.45) is 14.1 Å². The molecular formula is C15H16N4O4. The molecule has 0 N–H and O–H groups in total. The molecule has 0 aliphatic carbocycles. The van der Waals surface area contributed by atoms with Crippen molar-refractivity contribution in [1.29, 1.82) is 5.26 Å². The van der Waals surface area contributed by atoms with E-state index in [1.165, 1.54) is 31.8 Å². The van der Waals surface area contributed by atoms with Crippen LogP contribution in [0.3, 0.4) is 0 Å². The number of aryl methyl sites for hydroxylation is 2.